The average Bonchev–Trinajstić information content (AvgIpc) is 3.35. The van der Waals surface area contributed by atoms with Gasteiger partial charge in [-0.3, -0.25) is 9.89 Å². The molecule has 0 radical (unpaired) electrons. The molecule has 0 bridgehead atoms. The van der Waals surface area contributed by atoms with Gasteiger partial charge in [-0.15, -0.1) is 17.8 Å². The van der Waals surface area contributed by atoms with Gasteiger partial charge in [-0.25, -0.2) is 9.78 Å². The van der Waals surface area contributed by atoms with E-state index in [4.69, 9.17) is 11.2 Å². The molecule has 0 spiro atoms. The number of nitrogens with zero attached hydrogens (tertiary/aromatic N) is 3. The number of nitrogens with one attached hydrogen (secondary N) is 2. The molecule has 2 aromatic rings. The Morgan fingerprint density at radius 2 is 2.14 bits per heavy atom. The molecule has 0 unspecified atom stereocenters. The van der Waals surface area contributed by atoms with Gasteiger partial charge in [0.2, 0.25) is 0 Å². The molecule has 1 aliphatic rings. The fourth-order valence-corrected chi connectivity index (χ4v) is 4.00. The van der Waals surface area contributed by atoms with Crippen LogP contribution in [0.1, 0.15) is 60.7 Å². The van der Waals surface area contributed by atoms with E-state index in [1.54, 1.807) is 10.3 Å². The van der Waals surface area contributed by atoms with Gasteiger partial charge in [-0.2, -0.15) is 5.10 Å². The highest BCUT2D eigenvalue weighted by Crippen LogP contribution is 2.31. The Hall–Kier alpha value is -2.86. The largest absolute Gasteiger partial charge is 0.436 e. The van der Waals surface area contributed by atoms with E-state index in [9.17, 15) is 9.59 Å². The second kappa shape index (κ2) is 8.66. The second-order valence-corrected chi connectivity index (χ2v) is 8.85. The third kappa shape index (κ3) is 5.15. The molecule has 0 atom stereocenters. The Balaban J connectivity index is 1.56. The van der Waals surface area contributed by atoms with Crippen LogP contribution in [0.5, 0.6) is 0 Å². The highest BCUT2D eigenvalue weighted by Gasteiger charge is 2.27. The predicted octanol–water partition coefficient (Wildman–Crippen LogP) is 3.37. The molecule has 1 fully saturated rings. The van der Waals surface area contributed by atoms with E-state index in [-0.39, 0.29) is 29.9 Å². The van der Waals surface area contributed by atoms with Crippen LogP contribution in [-0.2, 0) is 10.2 Å². The van der Waals surface area contributed by atoms with Crippen LogP contribution in [0, 0.1) is 12.3 Å². The highest BCUT2D eigenvalue weighted by atomic mass is 32.1. The molecule has 0 aliphatic carbocycles. The summed E-state index contributed by atoms with van der Waals surface area (Å²) in [7, 11) is 0. The van der Waals surface area contributed by atoms with E-state index in [1.165, 1.54) is 11.3 Å². The van der Waals surface area contributed by atoms with Crippen LogP contribution in [0.25, 0.3) is 0 Å². The van der Waals surface area contributed by atoms with E-state index < -0.39 is 0 Å². The van der Waals surface area contributed by atoms with Gasteiger partial charge in [0, 0.05) is 41.6 Å². The smallest absolute Gasteiger partial charge is 0.410 e. The van der Waals surface area contributed by atoms with Crippen molar-refractivity contribution in [1.82, 2.24) is 20.1 Å². The van der Waals surface area contributed by atoms with E-state index in [0.29, 0.717) is 24.6 Å². The summed E-state index contributed by atoms with van der Waals surface area (Å²) in [6.45, 7) is 7.35. The molecule has 2 aromatic heterocycles. The molecule has 2 amide bonds. The van der Waals surface area contributed by atoms with Crippen molar-refractivity contribution in [2.75, 3.05) is 25.0 Å². The summed E-state index contributed by atoms with van der Waals surface area (Å²) >= 11 is 1.47. The van der Waals surface area contributed by atoms with Gasteiger partial charge in [-0.05, 0) is 12.8 Å². The first-order valence-corrected chi connectivity index (χ1v) is 10.3. The van der Waals surface area contributed by atoms with Crippen LogP contribution < -0.4 is 5.32 Å². The molecule has 1 aliphatic heterocycles. The number of aromatic nitrogens is 3. The first kappa shape index (κ1) is 20.9. The lowest BCUT2D eigenvalue weighted by molar-refractivity contribution is 0.102. The first-order valence-electron chi connectivity index (χ1n) is 9.45. The summed E-state index contributed by atoms with van der Waals surface area (Å²) in [4.78, 5) is 30.5. The Kier molecular flexibility index (Phi) is 6.23. The zero-order valence-electron chi connectivity index (χ0n) is 16.8. The Morgan fingerprint density at radius 3 is 2.76 bits per heavy atom. The normalized spacial score (nSPS) is 15.0. The summed E-state index contributed by atoms with van der Waals surface area (Å²) in [5.74, 6) is 2.71. The summed E-state index contributed by atoms with van der Waals surface area (Å²) in [5.41, 5.74) is 1.24. The third-order valence-electron chi connectivity index (χ3n) is 4.76. The molecular weight excluding hydrogens is 390 g/mol. The number of hydrogen-bond acceptors (Lipinski definition) is 6. The van der Waals surface area contributed by atoms with Crippen molar-refractivity contribution in [2.24, 2.45) is 0 Å². The average molecular weight is 416 g/mol. The van der Waals surface area contributed by atoms with Gasteiger partial charge in [0.1, 0.15) is 5.69 Å². The lowest BCUT2D eigenvalue weighted by Gasteiger charge is -2.30. The maximum absolute atomic E-state index is 12.5. The molecule has 9 heteroatoms. The lowest BCUT2D eigenvalue weighted by Crippen LogP contribution is -2.38. The maximum atomic E-state index is 12.5. The van der Waals surface area contributed by atoms with Crippen LogP contribution in [0.4, 0.5) is 10.6 Å². The van der Waals surface area contributed by atoms with Crippen molar-refractivity contribution in [3.8, 4) is 12.3 Å². The summed E-state index contributed by atoms with van der Waals surface area (Å²) in [5, 5.41) is 12.5. The van der Waals surface area contributed by atoms with Crippen molar-refractivity contribution >= 4 is 29.2 Å². The number of carbonyl (C=O) groups is 2. The number of rotatable bonds is 4. The van der Waals surface area contributed by atoms with Crippen molar-refractivity contribution < 1.29 is 14.3 Å². The quantitative estimate of drug-likeness (QED) is 0.746. The van der Waals surface area contributed by atoms with Crippen LogP contribution in [-0.4, -0.2) is 51.8 Å². The number of anilines is 1. The SMILES string of the molecule is C#CCOC(=O)N1CCC(c2nc(C(=O)Nc3cc(C(C)(C)C)[nH]n3)cs2)CC1. The molecule has 3 rings (SSSR count). The molecule has 154 valence electrons. The van der Waals surface area contributed by atoms with Gasteiger partial charge in [0.25, 0.3) is 5.91 Å². The van der Waals surface area contributed by atoms with Gasteiger partial charge >= 0.3 is 6.09 Å². The van der Waals surface area contributed by atoms with Crippen LogP contribution in [0.3, 0.4) is 0 Å². The van der Waals surface area contributed by atoms with Gasteiger partial charge in [-0.1, -0.05) is 26.7 Å². The zero-order valence-corrected chi connectivity index (χ0v) is 17.6. The number of ether oxygens (including phenoxy) is 1. The number of likely N-dealkylation sites (tertiary alicyclic amines) is 1. The predicted molar refractivity (Wildman–Crippen MR) is 111 cm³/mol. The fourth-order valence-electron chi connectivity index (χ4n) is 3.03. The molecular formula is C20H25N5O3S. The topological polar surface area (TPSA) is 100 Å². The van der Waals surface area contributed by atoms with Gasteiger partial charge in [0.05, 0.1) is 5.01 Å². The fraction of sp³-hybridized carbons (Fsp3) is 0.500. The molecule has 0 saturated carbocycles. The summed E-state index contributed by atoms with van der Waals surface area (Å²) < 4.78 is 4.96. The monoisotopic (exact) mass is 415 g/mol. The summed E-state index contributed by atoms with van der Waals surface area (Å²) in [6.07, 6.45) is 6.27. The number of H-pyrrole nitrogens is 1. The van der Waals surface area contributed by atoms with Crippen LogP contribution in [0.2, 0.25) is 0 Å². The number of piperidine rings is 1. The van der Waals surface area contributed by atoms with E-state index in [1.807, 2.05) is 6.07 Å². The van der Waals surface area contributed by atoms with Crippen molar-refractivity contribution in [1.29, 1.82) is 0 Å². The van der Waals surface area contributed by atoms with Gasteiger partial charge < -0.3 is 15.0 Å². The number of amides is 2. The minimum absolute atomic E-state index is 0.0169. The minimum Gasteiger partial charge on any atom is -0.436 e. The molecule has 8 nitrogen and oxygen atoms in total. The number of hydrogen-bond donors (Lipinski definition) is 2. The van der Waals surface area contributed by atoms with Crippen molar-refractivity contribution in [3.63, 3.8) is 0 Å². The standard InChI is InChI=1S/C20H25N5O3S/c1-5-10-28-19(27)25-8-6-13(7-9-25)18-21-14(12-29-18)17(26)22-16-11-15(23-24-16)20(2,3)4/h1,11-13H,6-10H2,2-4H3,(H2,22,23,24,26). The molecule has 1 saturated heterocycles. The molecule has 2 N–H and O–H groups in total. The second-order valence-electron chi connectivity index (χ2n) is 7.96. The molecule has 29 heavy (non-hydrogen) atoms. The molecule has 3 heterocycles. The summed E-state index contributed by atoms with van der Waals surface area (Å²) in [6, 6.07) is 1.83. The van der Waals surface area contributed by atoms with Crippen LogP contribution >= 0.6 is 11.3 Å². The maximum Gasteiger partial charge on any atom is 0.410 e. The highest BCUT2D eigenvalue weighted by molar-refractivity contribution is 7.10. The van der Waals surface area contributed by atoms with E-state index >= 15 is 0 Å². The van der Waals surface area contributed by atoms with Crippen molar-refractivity contribution in [2.45, 2.75) is 44.9 Å². The van der Waals surface area contributed by atoms with E-state index in [2.05, 4.69) is 47.2 Å². The number of aromatic amines is 1. The zero-order chi connectivity index (χ0) is 21.0. The Labute approximate surface area is 174 Å². The van der Waals surface area contributed by atoms with Crippen molar-refractivity contribution in [3.05, 3.63) is 27.8 Å². The first-order chi connectivity index (χ1) is 13.8. The van der Waals surface area contributed by atoms with E-state index in [0.717, 1.165) is 23.5 Å². The Morgan fingerprint density at radius 1 is 1.41 bits per heavy atom. The van der Waals surface area contributed by atoms with Crippen LogP contribution in [0.15, 0.2) is 11.4 Å². The lowest BCUT2D eigenvalue weighted by atomic mass is 9.92. The number of carbonyl (C=O) groups excluding carboxylic acids is 2. The number of thiazole rings is 1. The minimum atomic E-state index is -0.380. The number of terminal acetylenes is 1. The third-order valence-corrected chi connectivity index (χ3v) is 5.77. The van der Waals surface area contributed by atoms with Gasteiger partial charge in [0.15, 0.2) is 12.4 Å². The molecule has 0 aromatic carbocycles. The Bertz CT molecular complexity index is 913.